The molecule has 0 unspecified atom stereocenters. The summed E-state index contributed by atoms with van der Waals surface area (Å²) >= 11 is 0. The number of hydrogen-bond donors (Lipinski definition) is 1. The Morgan fingerprint density at radius 3 is 2.50 bits per heavy atom. The molecule has 0 aliphatic carbocycles. The normalized spacial score (nSPS) is 13.2. The van der Waals surface area contributed by atoms with Crippen LogP contribution in [0.15, 0.2) is 48.5 Å². The number of hydrogen-bond acceptors (Lipinski definition) is 5. The van der Waals surface area contributed by atoms with Crippen molar-refractivity contribution >= 4 is 21.6 Å². The Bertz CT molecular complexity index is 990. The van der Waals surface area contributed by atoms with Crippen molar-refractivity contribution in [1.29, 1.82) is 0 Å². The zero-order chi connectivity index (χ0) is 21.8. The Kier molecular flexibility index (Phi) is 6.55. The standard InChI is InChI=1S/C22H28N2O5S/c1-22(2,15-17-8-5-4-6-9-17)23-21(25)10-7-13-24(30(3,26)27)18-11-12-19-20(14-18)29-16-28-19/h4-6,8-9,11-12,14H,7,10,13,15-16H2,1-3H3,(H,23,25). The zero-order valence-corrected chi connectivity index (χ0v) is 18.4. The number of nitrogens with zero attached hydrogens (tertiary/aromatic N) is 1. The molecule has 1 amide bonds. The van der Waals surface area contributed by atoms with Gasteiger partial charge >= 0.3 is 0 Å². The van der Waals surface area contributed by atoms with Gasteiger partial charge in [-0.05, 0) is 44.4 Å². The molecule has 0 saturated carbocycles. The molecule has 162 valence electrons. The maximum Gasteiger partial charge on any atom is 0.232 e. The van der Waals surface area contributed by atoms with Crippen LogP contribution in [0.1, 0.15) is 32.3 Å². The number of fused-ring (bicyclic) bond motifs is 1. The SMILES string of the molecule is CC(C)(Cc1ccccc1)NC(=O)CCCN(c1ccc2c(c1)OCO2)S(C)(=O)=O. The first kappa shape index (κ1) is 22.0. The monoisotopic (exact) mass is 432 g/mol. The number of anilines is 1. The molecule has 0 radical (unpaired) electrons. The van der Waals surface area contributed by atoms with E-state index in [1.165, 1.54) is 4.31 Å². The maximum absolute atomic E-state index is 12.5. The van der Waals surface area contributed by atoms with Gasteiger partial charge in [0.1, 0.15) is 0 Å². The molecule has 0 bridgehead atoms. The van der Waals surface area contributed by atoms with Gasteiger partial charge in [-0.15, -0.1) is 0 Å². The van der Waals surface area contributed by atoms with Crippen LogP contribution in [-0.2, 0) is 21.2 Å². The van der Waals surface area contributed by atoms with Crippen molar-refractivity contribution in [3.63, 3.8) is 0 Å². The van der Waals surface area contributed by atoms with Crippen molar-refractivity contribution < 1.29 is 22.7 Å². The van der Waals surface area contributed by atoms with Gasteiger partial charge in [-0.3, -0.25) is 9.10 Å². The fourth-order valence-electron chi connectivity index (χ4n) is 3.50. The molecular formula is C22H28N2O5S. The van der Waals surface area contributed by atoms with E-state index in [9.17, 15) is 13.2 Å². The number of amides is 1. The molecule has 1 heterocycles. The summed E-state index contributed by atoms with van der Waals surface area (Å²) in [4.78, 5) is 12.5. The highest BCUT2D eigenvalue weighted by molar-refractivity contribution is 7.92. The van der Waals surface area contributed by atoms with Crippen LogP contribution in [0.2, 0.25) is 0 Å². The summed E-state index contributed by atoms with van der Waals surface area (Å²) in [6.45, 7) is 4.28. The number of carbonyl (C=O) groups is 1. The molecule has 1 N–H and O–H groups in total. The lowest BCUT2D eigenvalue weighted by atomic mass is 9.94. The number of rotatable bonds is 9. The van der Waals surface area contributed by atoms with E-state index >= 15 is 0 Å². The van der Waals surface area contributed by atoms with Crippen molar-refractivity contribution in [1.82, 2.24) is 5.32 Å². The molecule has 2 aromatic carbocycles. The van der Waals surface area contributed by atoms with Crippen LogP contribution in [0.4, 0.5) is 5.69 Å². The van der Waals surface area contributed by atoms with Gasteiger partial charge in [0.05, 0.1) is 11.9 Å². The van der Waals surface area contributed by atoms with E-state index in [-0.39, 0.29) is 25.7 Å². The smallest absolute Gasteiger partial charge is 0.232 e. The minimum atomic E-state index is -3.50. The van der Waals surface area contributed by atoms with E-state index in [1.807, 2.05) is 44.2 Å². The second-order valence-electron chi connectivity index (χ2n) is 8.07. The average molecular weight is 433 g/mol. The topological polar surface area (TPSA) is 84.9 Å². The van der Waals surface area contributed by atoms with Crippen LogP contribution in [0.3, 0.4) is 0 Å². The van der Waals surface area contributed by atoms with Crippen molar-refractivity contribution in [2.75, 3.05) is 23.9 Å². The number of ether oxygens (including phenoxy) is 2. The first-order chi connectivity index (χ1) is 14.1. The molecule has 0 aromatic heterocycles. The Hall–Kier alpha value is -2.74. The second kappa shape index (κ2) is 8.95. The van der Waals surface area contributed by atoms with Crippen molar-refractivity contribution in [2.24, 2.45) is 0 Å². The third-order valence-corrected chi connectivity index (χ3v) is 5.97. The molecule has 0 saturated heterocycles. The van der Waals surface area contributed by atoms with Gasteiger partial charge in [0, 0.05) is 24.6 Å². The third-order valence-electron chi connectivity index (χ3n) is 4.78. The summed E-state index contributed by atoms with van der Waals surface area (Å²) in [7, 11) is -3.50. The fourth-order valence-corrected chi connectivity index (χ4v) is 4.46. The Labute approximate surface area is 178 Å². The van der Waals surface area contributed by atoms with Crippen LogP contribution in [-0.4, -0.2) is 39.5 Å². The highest BCUT2D eigenvalue weighted by Crippen LogP contribution is 2.36. The first-order valence-corrected chi connectivity index (χ1v) is 11.7. The molecule has 2 aromatic rings. The van der Waals surface area contributed by atoms with Gasteiger partial charge in [0.2, 0.25) is 22.7 Å². The third kappa shape index (κ3) is 5.89. The summed E-state index contributed by atoms with van der Waals surface area (Å²) < 4.78 is 36.5. The van der Waals surface area contributed by atoms with Crippen LogP contribution < -0.4 is 19.1 Å². The molecule has 7 nitrogen and oxygen atoms in total. The summed E-state index contributed by atoms with van der Waals surface area (Å²) in [5.41, 5.74) is 1.24. The first-order valence-electron chi connectivity index (χ1n) is 9.86. The molecule has 8 heteroatoms. The van der Waals surface area contributed by atoms with Crippen molar-refractivity contribution in [2.45, 2.75) is 38.6 Å². The summed E-state index contributed by atoms with van der Waals surface area (Å²) in [6.07, 6.45) is 2.50. The lowest BCUT2D eigenvalue weighted by molar-refractivity contribution is -0.122. The minimum Gasteiger partial charge on any atom is -0.454 e. The predicted octanol–water partition coefficient (Wildman–Crippen LogP) is 3.10. The molecule has 0 spiro atoms. The van der Waals surface area contributed by atoms with Crippen molar-refractivity contribution in [3.8, 4) is 11.5 Å². The number of sulfonamides is 1. The van der Waals surface area contributed by atoms with E-state index in [0.717, 1.165) is 11.8 Å². The Morgan fingerprint density at radius 1 is 1.10 bits per heavy atom. The molecule has 1 aliphatic heterocycles. The highest BCUT2D eigenvalue weighted by Gasteiger charge is 2.23. The van der Waals surface area contributed by atoms with Crippen LogP contribution >= 0.6 is 0 Å². The zero-order valence-electron chi connectivity index (χ0n) is 17.6. The summed E-state index contributed by atoms with van der Waals surface area (Å²) in [5.74, 6) is 1.00. The fraction of sp³-hybridized carbons (Fsp3) is 0.409. The molecular weight excluding hydrogens is 404 g/mol. The van der Waals surface area contributed by atoms with Crippen LogP contribution in [0.5, 0.6) is 11.5 Å². The lowest BCUT2D eigenvalue weighted by Crippen LogP contribution is -2.45. The van der Waals surface area contributed by atoms with Crippen LogP contribution in [0, 0.1) is 0 Å². The number of nitrogens with one attached hydrogen (secondary N) is 1. The van der Waals surface area contributed by atoms with E-state index in [2.05, 4.69) is 5.32 Å². The van der Waals surface area contributed by atoms with E-state index in [4.69, 9.17) is 9.47 Å². The van der Waals surface area contributed by atoms with Gasteiger partial charge in [0.25, 0.3) is 0 Å². The van der Waals surface area contributed by atoms with Crippen molar-refractivity contribution in [3.05, 3.63) is 54.1 Å². The lowest BCUT2D eigenvalue weighted by Gasteiger charge is -2.27. The van der Waals surface area contributed by atoms with E-state index in [1.54, 1.807) is 18.2 Å². The summed E-state index contributed by atoms with van der Waals surface area (Å²) in [6, 6.07) is 15.0. The van der Waals surface area contributed by atoms with Gasteiger partial charge < -0.3 is 14.8 Å². The Morgan fingerprint density at radius 2 is 1.80 bits per heavy atom. The van der Waals surface area contributed by atoms with Gasteiger partial charge in [-0.1, -0.05) is 30.3 Å². The predicted molar refractivity (Wildman–Crippen MR) is 116 cm³/mol. The number of benzene rings is 2. The summed E-state index contributed by atoms with van der Waals surface area (Å²) in [5, 5.41) is 3.05. The molecule has 1 aliphatic rings. The quantitative estimate of drug-likeness (QED) is 0.658. The van der Waals surface area contributed by atoms with Gasteiger partial charge in [-0.25, -0.2) is 8.42 Å². The largest absolute Gasteiger partial charge is 0.454 e. The highest BCUT2D eigenvalue weighted by atomic mass is 32.2. The Balaban J connectivity index is 1.56. The van der Waals surface area contributed by atoms with E-state index < -0.39 is 15.6 Å². The second-order valence-corrected chi connectivity index (χ2v) is 9.98. The maximum atomic E-state index is 12.5. The average Bonchev–Trinajstić information content (AvgIpc) is 3.12. The number of carbonyl (C=O) groups excluding carboxylic acids is 1. The molecule has 3 rings (SSSR count). The molecule has 30 heavy (non-hydrogen) atoms. The van der Waals surface area contributed by atoms with Gasteiger partial charge in [-0.2, -0.15) is 0 Å². The molecule has 0 fully saturated rings. The van der Waals surface area contributed by atoms with Crippen LogP contribution in [0.25, 0.3) is 0 Å². The molecule has 0 atom stereocenters. The van der Waals surface area contributed by atoms with Gasteiger partial charge in [0.15, 0.2) is 11.5 Å². The van der Waals surface area contributed by atoms with E-state index in [0.29, 0.717) is 30.0 Å². The minimum absolute atomic E-state index is 0.102.